The van der Waals surface area contributed by atoms with Gasteiger partial charge in [-0.3, -0.25) is 9.36 Å². The normalized spacial score (nSPS) is 10.5. The molecule has 24 heavy (non-hydrogen) atoms. The van der Waals surface area contributed by atoms with Gasteiger partial charge in [0.05, 0.1) is 24.7 Å². The zero-order valence-electron chi connectivity index (χ0n) is 13.9. The van der Waals surface area contributed by atoms with E-state index in [1.807, 2.05) is 13.8 Å². The number of nitrogens with zero attached hydrogens (tertiary/aromatic N) is 3. The number of nitrogens with one attached hydrogen (secondary N) is 1. The topological polar surface area (TPSA) is 104 Å². The average Bonchev–Trinajstić information content (AvgIpc) is 2.87. The van der Waals surface area contributed by atoms with Crippen molar-refractivity contribution in [3.05, 3.63) is 18.2 Å². The smallest absolute Gasteiger partial charge is 0.234 e. The second kappa shape index (κ2) is 8.44. The van der Waals surface area contributed by atoms with Gasteiger partial charge in [-0.2, -0.15) is 0 Å². The zero-order valence-corrected chi connectivity index (χ0v) is 14.7. The summed E-state index contributed by atoms with van der Waals surface area (Å²) in [5, 5.41) is 11.1. The van der Waals surface area contributed by atoms with Crippen LogP contribution in [0.15, 0.2) is 23.4 Å². The first-order valence-electron chi connectivity index (χ1n) is 7.52. The second-order valence-electron chi connectivity index (χ2n) is 4.76. The third-order valence-electron chi connectivity index (χ3n) is 3.04. The summed E-state index contributed by atoms with van der Waals surface area (Å²) in [6.07, 6.45) is 0. The van der Waals surface area contributed by atoms with E-state index in [9.17, 15) is 4.79 Å². The van der Waals surface area contributed by atoms with Crippen LogP contribution in [0.3, 0.4) is 0 Å². The minimum Gasteiger partial charge on any atom is -0.494 e. The molecule has 0 bridgehead atoms. The molecule has 0 unspecified atom stereocenters. The number of hydrogen-bond donors (Lipinski definition) is 2. The summed E-state index contributed by atoms with van der Waals surface area (Å²) in [5.41, 5.74) is 6.19. The number of carbonyl (C=O) groups is 1. The third kappa shape index (κ3) is 4.54. The molecule has 1 aromatic carbocycles. The van der Waals surface area contributed by atoms with Crippen molar-refractivity contribution >= 4 is 29.3 Å². The van der Waals surface area contributed by atoms with Gasteiger partial charge in [-0.25, -0.2) is 0 Å². The molecule has 0 radical (unpaired) electrons. The number of anilines is 2. The van der Waals surface area contributed by atoms with Crippen LogP contribution in [-0.2, 0) is 11.8 Å². The van der Waals surface area contributed by atoms with Gasteiger partial charge in [-0.15, -0.1) is 10.2 Å². The van der Waals surface area contributed by atoms with E-state index in [4.69, 9.17) is 15.2 Å². The lowest BCUT2D eigenvalue weighted by atomic mass is 10.2. The quantitative estimate of drug-likeness (QED) is 0.700. The molecule has 1 heterocycles. The van der Waals surface area contributed by atoms with Crippen LogP contribution in [0.4, 0.5) is 11.6 Å². The van der Waals surface area contributed by atoms with Crippen molar-refractivity contribution in [2.75, 3.05) is 30.0 Å². The van der Waals surface area contributed by atoms with E-state index in [0.29, 0.717) is 41.5 Å². The van der Waals surface area contributed by atoms with Crippen LogP contribution in [0.1, 0.15) is 13.8 Å². The monoisotopic (exact) mass is 351 g/mol. The van der Waals surface area contributed by atoms with Crippen LogP contribution >= 0.6 is 11.8 Å². The number of ether oxygens (including phenoxy) is 2. The van der Waals surface area contributed by atoms with E-state index < -0.39 is 0 Å². The van der Waals surface area contributed by atoms with Crippen LogP contribution in [0.25, 0.3) is 0 Å². The van der Waals surface area contributed by atoms with Crippen molar-refractivity contribution in [3.63, 3.8) is 0 Å². The first-order valence-corrected chi connectivity index (χ1v) is 8.50. The van der Waals surface area contributed by atoms with Crippen molar-refractivity contribution in [3.8, 4) is 11.5 Å². The van der Waals surface area contributed by atoms with Gasteiger partial charge >= 0.3 is 0 Å². The van der Waals surface area contributed by atoms with Crippen molar-refractivity contribution < 1.29 is 14.3 Å². The molecule has 0 saturated carbocycles. The minimum absolute atomic E-state index is 0.177. The van der Waals surface area contributed by atoms with Gasteiger partial charge in [0, 0.05) is 13.1 Å². The first kappa shape index (κ1) is 17.9. The Morgan fingerprint density at radius 2 is 2.04 bits per heavy atom. The van der Waals surface area contributed by atoms with Crippen LogP contribution in [0, 0.1) is 0 Å². The SMILES string of the molecule is CCOc1ccc(OCC)c(NC(=O)CSc2nnc(N)n2C)c1. The summed E-state index contributed by atoms with van der Waals surface area (Å²) in [7, 11) is 1.74. The van der Waals surface area contributed by atoms with Crippen LogP contribution in [-0.4, -0.2) is 39.6 Å². The molecule has 1 amide bonds. The standard InChI is InChI=1S/C15H21N5O3S/c1-4-22-10-6-7-12(23-5-2)11(8-10)17-13(21)9-24-15-19-18-14(16)20(15)3/h6-8H,4-5,9H2,1-3H3,(H2,16,18)(H,17,21). The Kier molecular flexibility index (Phi) is 6.30. The maximum atomic E-state index is 12.2. The van der Waals surface area contributed by atoms with Crippen LogP contribution in [0.5, 0.6) is 11.5 Å². The number of nitrogen functional groups attached to an aromatic ring is 1. The average molecular weight is 351 g/mol. The Balaban J connectivity index is 2.03. The molecule has 8 nitrogen and oxygen atoms in total. The molecular weight excluding hydrogens is 330 g/mol. The number of benzene rings is 1. The summed E-state index contributed by atoms with van der Waals surface area (Å²) >= 11 is 1.25. The fourth-order valence-electron chi connectivity index (χ4n) is 1.91. The highest BCUT2D eigenvalue weighted by Crippen LogP contribution is 2.29. The van der Waals surface area contributed by atoms with E-state index in [1.54, 1.807) is 29.8 Å². The molecule has 2 rings (SSSR count). The van der Waals surface area contributed by atoms with Crippen molar-refractivity contribution in [2.45, 2.75) is 19.0 Å². The molecule has 9 heteroatoms. The summed E-state index contributed by atoms with van der Waals surface area (Å²) in [6.45, 7) is 4.84. The Bertz CT molecular complexity index is 704. The number of carbonyl (C=O) groups excluding carboxylic acids is 1. The molecule has 130 valence electrons. The van der Waals surface area contributed by atoms with Gasteiger partial charge in [0.2, 0.25) is 11.9 Å². The minimum atomic E-state index is -0.184. The molecule has 0 fully saturated rings. The molecule has 0 spiro atoms. The number of nitrogens with two attached hydrogens (primary N) is 1. The molecule has 0 saturated heterocycles. The molecule has 0 atom stereocenters. The Hall–Kier alpha value is -2.42. The maximum Gasteiger partial charge on any atom is 0.234 e. The highest BCUT2D eigenvalue weighted by molar-refractivity contribution is 7.99. The van der Waals surface area contributed by atoms with Crippen LogP contribution in [0.2, 0.25) is 0 Å². The molecule has 0 aliphatic carbocycles. The Morgan fingerprint density at radius 3 is 2.67 bits per heavy atom. The predicted molar refractivity (Wildman–Crippen MR) is 93.5 cm³/mol. The fourth-order valence-corrected chi connectivity index (χ4v) is 2.63. The molecular formula is C15H21N5O3S. The summed E-state index contributed by atoms with van der Waals surface area (Å²) in [6, 6.07) is 5.33. The Labute approximate surface area is 144 Å². The summed E-state index contributed by atoms with van der Waals surface area (Å²) < 4.78 is 12.6. The largest absolute Gasteiger partial charge is 0.494 e. The van der Waals surface area contributed by atoms with Crippen molar-refractivity contribution in [1.29, 1.82) is 0 Å². The zero-order chi connectivity index (χ0) is 17.5. The number of rotatable bonds is 8. The van der Waals surface area contributed by atoms with Gasteiger partial charge in [-0.1, -0.05) is 11.8 Å². The maximum absolute atomic E-state index is 12.2. The fraction of sp³-hybridized carbons (Fsp3) is 0.400. The van der Waals surface area contributed by atoms with Crippen molar-refractivity contribution in [2.24, 2.45) is 7.05 Å². The van der Waals surface area contributed by atoms with E-state index >= 15 is 0 Å². The van der Waals surface area contributed by atoms with E-state index in [1.165, 1.54) is 11.8 Å². The molecule has 3 N–H and O–H groups in total. The van der Waals surface area contributed by atoms with E-state index in [-0.39, 0.29) is 11.7 Å². The van der Waals surface area contributed by atoms with Gasteiger partial charge in [0.15, 0.2) is 5.16 Å². The number of thioether (sulfide) groups is 1. The van der Waals surface area contributed by atoms with Crippen LogP contribution < -0.4 is 20.5 Å². The van der Waals surface area contributed by atoms with Crippen molar-refractivity contribution in [1.82, 2.24) is 14.8 Å². The highest BCUT2D eigenvalue weighted by atomic mass is 32.2. The summed E-state index contributed by atoms with van der Waals surface area (Å²) in [5.74, 6) is 1.57. The number of amides is 1. The van der Waals surface area contributed by atoms with Gasteiger partial charge < -0.3 is 20.5 Å². The number of hydrogen-bond acceptors (Lipinski definition) is 7. The number of aromatic nitrogens is 3. The molecule has 2 aromatic rings. The molecule has 1 aromatic heterocycles. The van der Waals surface area contributed by atoms with Gasteiger partial charge in [0.25, 0.3) is 0 Å². The predicted octanol–water partition coefficient (Wildman–Crippen LogP) is 1.93. The highest BCUT2D eigenvalue weighted by Gasteiger charge is 2.12. The van der Waals surface area contributed by atoms with E-state index in [0.717, 1.165) is 0 Å². The Morgan fingerprint density at radius 1 is 1.29 bits per heavy atom. The van der Waals surface area contributed by atoms with Gasteiger partial charge in [0.1, 0.15) is 11.5 Å². The molecule has 0 aliphatic heterocycles. The summed E-state index contributed by atoms with van der Waals surface area (Å²) in [4.78, 5) is 12.2. The lowest BCUT2D eigenvalue weighted by molar-refractivity contribution is -0.113. The van der Waals surface area contributed by atoms with Gasteiger partial charge in [-0.05, 0) is 26.0 Å². The second-order valence-corrected chi connectivity index (χ2v) is 5.70. The third-order valence-corrected chi connectivity index (χ3v) is 4.06. The first-order chi connectivity index (χ1) is 11.5. The molecule has 0 aliphatic rings. The lowest BCUT2D eigenvalue weighted by Crippen LogP contribution is -2.15. The van der Waals surface area contributed by atoms with E-state index in [2.05, 4.69) is 15.5 Å². The lowest BCUT2D eigenvalue weighted by Gasteiger charge is -2.13.